The number of nitrogens with one attached hydrogen (secondary N) is 1. The molecule has 0 bridgehead atoms. The molecule has 1 atom stereocenters. The van der Waals surface area contributed by atoms with Crippen molar-refractivity contribution in [3.05, 3.63) is 123 Å². The maximum absolute atomic E-state index is 13.8. The first-order chi connectivity index (χ1) is 18.0. The van der Waals surface area contributed by atoms with E-state index in [2.05, 4.69) is 14.9 Å². The fraction of sp³-hybridized carbons (Fsp3) is 0.233. The second kappa shape index (κ2) is 10.7. The summed E-state index contributed by atoms with van der Waals surface area (Å²) in [5.41, 5.74) is 4.25. The molecule has 0 aliphatic carbocycles. The van der Waals surface area contributed by atoms with E-state index in [-0.39, 0.29) is 17.8 Å². The summed E-state index contributed by atoms with van der Waals surface area (Å²) in [5, 5.41) is 3.13. The van der Waals surface area contributed by atoms with Crippen LogP contribution in [-0.2, 0) is 13.0 Å². The van der Waals surface area contributed by atoms with Gasteiger partial charge in [-0.1, -0.05) is 49.7 Å². The number of hydrogen-bond donors (Lipinski definition) is 1. The van der Waals surface area contributed by atoms with E-state index in [1.807, 2.05) is 74.5 Å². The fourth-order valence-electron chi connectivity index (χ4n) is 4.78. The molecule has 1 amide bonds. The predicted molar refractivity (Wildman–Crippen MR) is 141 cm³/mol. The number of nitrogens with zero attached hydrogens (tertiary/aromatic N) is 2. The van der Waals surface area contributed by atoms with Gasteiger partial charge in [0.2, 0.25) is 6.79 Å². The van der Waals surface area contributed by atoms with Gasteiger partial charge in [-0.15, -0.1) is 0 Å². The largest absolute Gasteiger partial charge is 0.454 e. The highest BCUT2D eigenvalue weighted by atomic mass is 16.7. The van der Waals surface area contributed by atoms with Crippen LogP contribution in [0.1, 0.15) is 57.8 Å². The van der Waals surface area contributed by atoms with E-state index < -0.39 is 11.9 Å². The van der Waals surface area contributed by atoms with E-state index in [4.69, 9.17) is 9.47 Å². The highest BCUT2D eigenvalue weighted by Crippen LogP contribution is 2.33. The van der Waals surface area contributed by atoms with Crippen LogP contribution in [0.3, 0.4) is 0 Å². The second-order valence-corrected chi connectivity index (χ2v) is 9.09. The van der Waals surface area contributed by atoms with Gasteiger partial charge in [-0.3, -0.25) is 14.6 Å². The zero-order valence-electron chi connectivity index (χ0n) is 20.9. The molecule has 1 aliphatic rings. The fourth-order valence-corrected chi connectivity index (χ4v) is 4.78. The third kappa shape index (κ3) is 5.11. The Kier molecular flexibility index (Phi) is 7.03. The number of ether oxygens (including phenoxy) is 2. The molecule has 1 unspecified atom stereocenters. The van der Waals surface area contributed by atoms with Crippen molar-refractivity contribution in [2.45, 2.75) is 39.3 Å². The molecule has 4 aromatic rings. The van der Waals surface area contributed by atoms with Gasteiger partial charge in [0.25, 0.3) is 5.91 Å². The van der Waals surface area contributed by atoms with Crippen molar-refractivity contribution in [1.29, 1.82) is 0 Å². The summed E-state index contributed by atoms with van der Waals surface area (Å²) in [6.07, 6.45) is 4.78. The number of aromatic nitrogens is 2. The van der Waals surface area contributed by atoms with Crippen LogP contribution in [0.4, 0.5) is 0 Å². The number of rotatable bonds is 8. The van der Waals surface area contributed by atoms with Crippen LogP contribution in [0, 0.1) is 6.92 Å². The van der Waals surface area contributed by atoms with Crippen molar-refractivity contribution in [2.24, 2.45) is 0 Å². The smallest absolute Gasteiger partial charge is 0.257 e. The summed E-state index contributed by atoms with van der Waals surface area (Å²) >= 11 is 0. The minimum absolute atomic E-state index is 0.184. The van der Waals surface area contributed by atoms with E-state index in [1.165, 1.54) is 0 Å². The topological polar surface area (TPSA) is 82.5 Å². The third-order valence-electron chi connectivity index (χ3n) is 6.57. The molecule has 7 nitrogen and oxygen atoms in total. The first-order valence-corrected chi connectivity index (χ1v) is 12.4. The Morgan fingerprint density at radius 1 is 1.00 bits per heavy atom. The van der Waals surface area contributed by atoms with Crippen LogP contribution < -0.4 is 20.2 Å². The molecular formula is C30H29N3O4. The van der Waals surface area contributed by atoms with Gasteiger partial charge >= 0.3 is 0 Å². The normalized spacial score (nSPS) is 12.8. The standard InChI is InChI=1S/C30H29N3O4/c1-3-7-24-28(30(35)32-29(22-8-5-4-6-9-22)23-12-14-31-15-13-23)25(34)16-20(2)33(24)18-21-10-11-26-27(17-21)37-19-36-26/h4-6,8-17,29H,3,7,18-19H2,1-2H3,(H,32,35). The number of fused-ring (bicyclic) bond motifs is 1. The first kappa shape index (κ1) is 24.3. The average Bonchev–Trinajstić information content (AvgIpc) is 3.38. The molecule has 3 heterocycles. The summed E-state index contributed by atoms with van der Waals surface area (Å²) in [4.78, 5) is 31.2. The molecule has 0 saturated carbocycles. The number of amides is 1. The van der Waals surface area contributed by atoms with E-state index in [9.17, 15) is 9.59 Å². The Hall–Kier alpha value is -4.39. The Morgan fingerprint density at radius 2 is 1.73 bits per heavy atom. The molecule has 1 N–H and O–H groups in total. The molecule has 7 heteroatoms. The minimum atomic E-state index is -0.422. The summed E-state index contributed by atoms with van der Waals surface area (Å²) in [5.74, 6) is 1.03. The maximum Gasteiger partial charge on any atom is 0.257 e. The summed E-state index contributed by atoms with van der Waals surface area (Å²) in [6.45, 7) is 4.66. The molecule has 188 valence electrons. The van der Waals surface area contributed by atoms with E-state index in [0.717, 1.165) is 40.2 Å². The van der Waals surface area contributed by atoms with E-state index >= 15 is 0 Å². The molecule has 1 aliphatic heterocycles. The van der Waals surface area contributed by atoms with E-state index in [1.54, 1.807) is 18.5 Å². The van der Waals surface area contributed by atoms with Gasteiger partial charge in [0, 0.05) is 36.4 Å². The van der Waals surface area contributed by atoms with Crippen LogP contribution >= 0.6 is 0 Å². The van der Waals surface area contributed by atoms with Crippen molar-refractivity contribution >= 4 is 5.91 Å². The van der Waals surface area contributed by atoms with Gasteiger partial charge in [0.15, 0.2) is 16.9 Å². The number of hydrogen-bond acceptors (Lipinski definition) is 5. The van der Waals surface area contributed by atoms with Crippen LogP contribution in [-0.4, -0.2) is 22.3 Å². The zero-order valence-corrected chi connectivity index (χ0v) is 20.9. The molecular weight excluding hydrogens is 466 g/mol. The van der Waals surface area contributed by atoms with Gasteiger partial charge in [-0.2, -0.15) is 0 Å². The molecule has 0 fully saturated rings. The Bertz CT molecular complexity index is 1430. The highest BCUT2D eigenvalue weighted by Gasteiger charge is 2.24. The lowest BCUT2D eigenvalue weighted by atomic mass is 9.98. The SMILES string of the molecule is CCCc1c(C(=O)NC(c2ccccc2)c2ccncc2)c(=O)cc(C)n1Cc1ccc2c(c1)OCO2. The van der Waals surface area contributed by atoms with Crippen LogP contribution in [0.2, 0.25) is 0 Å². The lowest BCUT2D eigenvalue weighted by Crippen LogP contribution is -2.35. The Morgan fingerprint density at radius 3 is 2.49 bits per heavy atom. The molecule has 0 saturated heterocycles. The Labute approximate surface area is 215 Å². The molecule has 37 heavy (non-hydrogen) atoms. The molecule has 2 aromatic carbocycles. The highest BCUT2D eigenvalue weighted by molar-refractivity contribution is 5.95. The van der Waals surface area contributed by atoms with Crippen molar-refractivity contribution < 1.29 is 14.3 Å². The summed E-state index contributed by atoms with van der Waals surface area (Å²) in [7, 11) is 0. The quantitative estimate of drug-likeness (QED) is 0.380. The third-order valence-corrected chi connectivity index (χ3v) is 6.57. The molecule has 0 radical (unpaired) electrons. The lowest BCUT2D eigenvalue weighted by Gasteiger charge is -2.23. The van der Waals surface area contributed by atoms with Crippen molar-refractivity contribution in [3.63, 3.8) is 0 Å². The lowest BCUT2D eigenvalue weighted by molar-refractivity contribution is 0.0939. The van der Waals surface area contributed by atoms with E-state index in [0.29, 0.717) is 18.7 Å². The van der Waals surface area contributed by atoms with Gasteiger partial charge in [0.05, 0.1) is 6.04 Å². The first-order valence-electron chi connectivity index (χ1n) is 12.4. The number of carbonyl (C=O) groups excluding carboxylic acids is 1. The van der Waals surface area contributed by atoms with Crippen molar-refractivity contribution in [2.75, 3.05) is 6.79 Å². The van der Waals surface area contributed by atoms with Crippen LogP contribution in [0.25, 0.3) is 0 Å². The Balaban J connectivity index is 1.54. The monoisotopic (exact) mass is 495 g/mol. The number of carbonyl (C=O) groups is 1. The number of benzene rings is 2. The zero-order chi connectivity index (χ0) is 25.8. The van der Waals surface area contributed by atoms with Crippen molar-refractivity contribution in [3.8, 4) is 11.5 Å². The predicted octanol–water partition coefficient (Wildman–Crippen LogP) is 4.80. The number of pyridine rings is 2. The molecule has 2 aromatic heterocycles. The number of aryl methyl sites for hydroxylation is 1. The second-order valence-electron chi connectivity index (χ2n) is 9.09. The summed E-state index contributed by atoms with van der Waals surface area (Å²) < 4.78 is 13.0. The van der Waals surface area contributed by atoms with Gasteiger partial charge in [-0.25, -0.2) is 0 Å². The van der Waals surface area contributed by atoms with Crippen LogP contribution in [0.5, 0.6) is 11.5 Å². The van der Waals surface area contributed by atoms with Gasteiger partial charge in [-0.05, 0) is 54.3 Å². The average molecular weight is 496 g/mol. The van der Waals surface area contributed by atoms with Gasteiger partial charge < -0.3 is 19.4 Å². The maximum atomic E-state index is 13.8. The summed E-state index contributed by atoms with van der Waals surface area (Å²) in [6, 6.07) is 20.4. The molecule has 0 spiro atoms. The molecule has 5 rings (SSSR count). The van der Waals surface area contributed by atoms with Crippen molar-refractivity contribution in [1.82, 2.24) is 14.9 Å². The van der Waals surface area contributed by atoms with Crippen LogP contribution in [0.15, 0.2) is 83.9 Å². The minimum Gasteiger partial charge on any atom is -0.454 e. The van der Waals surface area contributed by atoms with Gasteiger partial charge in [0.1, 0.15) is 5.56 Å².